The SMILES string of the molecule is COC(=O)c1ncn(-c2nc(OC)nc(OC)n2)n1. The maximum absolute atomic E-state index is 11.2. The van der Waals surface area contributed by atoms with Crippen molar-refractivity contribution in [2.45, 2.75) is 0 Å². The number of hydrogen-bond donors (Lipinski definition) is 0. The molecule has 0 aliphatic heterocycles. The van der Waals surface area contributed by atoms with E-state index >= 15 is 0 Å². The molecule has 10 nitrogen and oxygen atoms in total. The molecule has 0 saturated heterocycles. The normalized spacial score (nSPS) is 10.1. The summed E-state index contributed by atoms with van der Waals surface area (Å²) in [4.78, 5) is 26.7. The van der Waals surface area contributed by atoms with Crippen LogP contribution in [0.25, 0.3) is 5.95 Å². The third-order valence-corrected chi connectivity index (χ3v) is 2.01. The van der Waals surface area contributed by atoms with Crippen molar-refractivity contribution in [1.82, 2.24) is 29.7 Å². The van der Waals surface area contributed by atoms with Gasteiger partial charge in [-0.05, 0) is 0 Å². The van der Waals surface area contributed by atoms with Gasteiger partial charge in [0.1, 0.15) is 6.33 Å². The molecule has 0 spiro atoms. The van der Waals surface area contributed by atoms with Crippen LogP contribution in [-0.2, 0) is 4.74 Å². The van der Waals surface area contributed by atoms with Crippen molar-refractivity contribution in [3.05, 3.63) is 12.2 Å². The minimum atomic E-state index is -0.660. The van der Waals surface area contributed by atoms with E-state index in [1.165, 1.54) is 32.3 Å². The van der Waals surface area contributed by atoms with Gasteiger partial charge in [0.25, 0.3) is 11.8 Å². The zero-order valence-corrected chi connectivity index (χ0v) is 10.4. The van der Waals surface area contributed by atoms with Crippen LogP contribution in [0.15, 0.2) is 6.33 Å². The van der Waals surface area contributed by atoms with Gasteiger partial charge in [0, 0.05) is 0 Å². The van der Waals surface area contributed by atoms with E-state index in [4.69, 9.17) is 9.47 Å². The highest BCUT2D eigenvalue weighted by Crippen LogP contribution is 2.11. The smallest absolute Gasteiger partial charge is 0.377 e. The van der Waals surface area contributed by atoms with Gasteiger partial charge < -0.3 is 14.2 Å². The lowest BCUT2D eigenvalue weighted by molar-refractivity contribution is 0.0587. The van der Waals surface area contributed by atoms with E-state index in [-0.39, 0.29) is 23.8 Å². The third-order valence-electron chi connectivity index (χ3n) is 2.01. The molecule has 10 heteroatoms. The second-order valence-electron chi connectivity index (χ2n) is 3.11. The molecule has 2 aromatic rings. The molecule has 0 amide bonds. The van der Waals surface area contributed by atoms with E-state index in [1.807, 2.05) is 0 Å². The lowest BCUT2D eigenvalue weighted by Gasteiger charge is -2.03. The van der Waals surface area contributed by atoms with Crippen LogP contribution in [0.3, 0.4) is 0 Å². The number of methoxy groups -OCH3 is 3. The van der Waals surface area contributed by atoms with Crippen LogP contribution in [0, 0.1) is 0 Å². The summed E-state index contributed by atoms with van der Waals surface area (Å²) in [6.07, 6.45) is 1.26. The van der Waals surface area contributed by atoms with Gasteiger partial charge in [-0.2, -0.15) is 14.6 Å². The number of esters is 1. The first-order valence-electron chi connectivity index (χ1n) is 5.02. The fraction of sp³-hybridized carbons (Fsp3) is 0.333. The highest BCUT2D eigenvalue weighted by atomic mass is 16.5. The van der Waals surface area contributed by atoms with Gasteiger partial charge in [-0.25, -0.2) is 9.78 Å². The molecule has 0 aromatic carbocycles. The summed E-state index contributed by atoms with van der Waals surface area (Å²) in [5, 5.41) is 3.87. The van der Waals surface area contributed by atoms with Crippen molar-refractivity contribution < 1.29 is 19.0 Å². The van der Waals surface area contributed by atoms with Gasteiger partial charge in [0.15, 0.2) is 0 Å². The van der Waals surface area contributed by atoms with E-state index in [2.05, 4.69) is 29.8 Å². The molecule has 0 N–H and O–H groups in total. The van der Waals surface area contributed by atoms with Crippen molar-refractivity contribution in [3.8, 4) is 18.0 Å². The van der Waals surface area contributed by atoms with Crippen molar-refractivity contribution in [1.29, 1.82) is 0 Å². The largest absolute Gasteiger partial charge is 0.467 e. The molecule has 2 rings (SSSR count). The fourth-order valence-corrected chi connectivity index (χ4v) is 1.16. The van der Waals surface area contributed by atoms with E-state index in [1.54, 1.807) is 0 Å². The third kappa shape index (κ3) is 2.56. The Balaban J connectivity index is 2.40. The minimum Gasteiger partial charge on any atom is -0.467 e. The Kier molecular flexibility index (Phi) is 3.50. The molecule has 0 aliphatic rings. The van der Waals surface area contributed by atoms with Crippen LogP contribution in [0.4, 0.5) is 0 Å². The zero-order chi connectivity index (χ0) is 13.8. The van der Waals surface area contributed by atoms with Gasteiger partial charge in [-0.3, -0.25) is 0 Å². The molecule has 0 aliphatic carbocycles. The molecule has 100 valence electrons. The molecule has 0 bridgehead atoms. The Bertz CT molecular complexity index is 576. The molecular formula is C9H10N6O4. The Labute approximate surface area is 107 Å². The first kappa shape index (κ1) is 12.7. The van der Waals surface area contributed by atoms with Crippen LogP contribution >= 0.6 is 0 Å². The number of ether oxygens (including phenoxy) is 3. The van der Waals surface area contributed by atoms with Gasteiger partial charge in [-0.1, -0.05) is 0 Å². The Morgan fingerprint density at radius 1 is 1.11 bits per heavy atom. The molecule has 0 saturated carbocycles. The quantitative estimate of drug-likeness (QED) is 0.659. The van der Waals surface area contributed by atoms with Crippen molar-refractivity contribution in [2.75, 3.05) is 21.3 Å². The maximum Gasteiger partial charge on any atom is 0.377 e. The van der Waals surface area contributed by atoms with E-state index in [9.17, 15) is 4.79 Å². The molecule has 19 heavy (non-hydrogen) atoms. The van der Waals surface area contributed by atoms with Gasteiger partial charge in [0.2, 0.25) is 0 Å². The number of rotatable bonds is 4. The Hall–Kier alpha value is -2.78. The highest BCUT2D eigenvalue weighted by molar-refractivity contribution is 5.84. The molecule has 0 unspecified atom stereocenters. The summed E-state index contributed by atoms with van der Waals surface area (Å²) in [6, 6.07) is 0.105. The monoisotopic (exact) mass is 266 g/mol. The summed E-state index contributed by atoms with van der Waals surface area (Å²) >= 11 is 0. The molecule has 0 atom stereocenters. The average molecular weight is 266 g/mol. The summed E-state index contributed by atoms with van der Waals surface area (Å²) in [7, 11) is 4.04. The predicted octanol–water partition coefficient (Wildman–Crippen LogP) is -0.744. The van der Waals surface area contributed by atoms with Gasteiger partial charge >= 0.3 is 18.0 Å². The number of aromatic nitrogens is 6. The highest BCUT2D eigenvalue weighted by Gasteiger charge is 2.15. The number of nitrogens with zero attached hydrogens (tertiary/aromatic N) is 6. The second-order valence-corrected chi connectivity index (χ2v) is 3.11. The number of carbonyl (C=O) groups is 1. The first-order valence-corrected chi connectivity index (χ1v) is 5.02. The Morgan fingerprint density at radius 2 is 1.74 bits per heavy atom. The van der Waals surface area contributed by atoms with Crippen LogP contribution in [-0.4, -0.2) is 57.0 Å². The number of carbonyl (C=O) groups excluding carboxylic acids is 1. The molecular weight excluding hydrogens is 256 g/mol. The topological polar surface area (TPSA) is 114 Å². The van der Waals surface area contributed by atoms with Crippen molar-refractivity contribution >= 4 is 5.97 Å². The second kappa shape index (κ2) is 5.25. The lowest BCUT2D eigenvalue weighted by Crippen LogP contribution is -2.09. The lowest BCUT2D eigenvalue weighted by atomic mass is 10.6. The molecule has 2 heterocycles. The van der Waals surface area contributed by atoms with Gasteiger partial charge in [0.05, 0.1) is 21.3 Å². The molecule has 0 radical (unpaired) electrons. The molecule has 2 aromatic heterocycles. The Morgan fingerprint density at radius 3 is 2.26 bits per heavy atom. The van der Waals surface area contributed by atoms with E-state index < -0.39 is 5.97 Å². The zero-order valence-electron chi connectivity index (χ0n) is 10.4. The number of hydrogen-bond acceptors (Lipinski definition) is 9. The summed E-state index contributed by atoms with van der Waals surface area (Å²) < 4.78 is 15.5. The summed E-state index contributed by atoms with van der Waals surface area (Å²) in [5.41, 5.74) is 0. The summed E-state index contributed by atoms with van der Waals surface area (Å²) in [5.74, 6) is -0.668. The summed E-state index contributed by atoms with van der Waals surface area (Å²) in [6.45, 7) is 0. The fourth-order valence-electron chi connectivity index (χ4n) is 1.16. The van der Waals surface area contributed by atoms with E-state index in [0.29, 0.717) is 0 Å². The first-order chi connectivity index (χ1) is 9.17. The maximum atomic E-state index is 11.2. The van der Waals surface area contributed by atoms with E-state index in [0.717, 1.165) is 0 Å². The van der Waals surface area contributed by atoms with Crippen molar-refractivity contribution in [2.24, 2.45) is 0 Å². The minimum absolute atomic E-state index is 0.0527. The standard InChI is InChI=1S/C9H10N6O4/c1-17-6(16)5-10-4-15(14-5)7-11-8(18-2)13-9(12-7)19-3/h4H,1-3H3. The van der Waals surface area contributed by atoms with Gasteiger partial charge in [-0.15, -0.1) is 10.1 Å². The molecule has 0 fully saturated rings. The van der Waals surface area contributed by atoms with Crippen LogP contribution in [0.2, 0.25) is 0 Å². The van der Waals surface area contributed by atoms with Crippen molar-refractivity contribution in [3.63, 3.8) is 0 Å². The predicted molar refractivity (Wildman–Crippen MR) is 59.2 cm³/mol. The van der Waals surface area contributed by atoms with Crippen LogP contribution < -0.4 is 9.47 Å². The van der Waals surface area contributed by atoms with Crippen LogP contribution in [0.1, 0.15) is 10.6 Å². The van der Waals surface area contributed by atoms with Crippen LogP contribution in [0.5, 0.6) is 12.0 Å². The average Bonchev–Trinajstić information content (AvgIpc) is 2.95.